The fourth-order valence-corrected chi connectivity index (χ4v) is 2.97. The number of rotatable bonds is 9. The minimum absolute atomic E-state index is 0.00148. The molecule has 0 atom stereocenters. The van der Waals surface area contributed by atoms with Crippen LogP contribution in [0.15, 0.2) is 78.4 Å². The molecule has 34 heavy (non-hydrogen) atoms. The van der Waals surface area contributed by atoms with Crippen LogP contribution in [0.4, 0.5) is 11.4 Å². The molecule has 0 aliphatic carbocycles. The summed E-state index contributed by atoms with van der Waals surface area (Å²) in [6.45, 7) is 4.07. The maximum atomic E-state index is 12.6. The second-order valence-corrected chi connectivity index (χ2v) is 7.60. The second-order valence-electron chi connectivity index (χ2n) is 7.60. The molecule has 3 rings (SSSR count). The van der Waals surface area contributed by atoms with Crippen LogP contribution in [0.25, 0.3) is 6.08 Å². The van der Waals surface area contributed by atoms with Crippen LogP contribution in [-0.4, -0.2) is 16.9 Å². The summed E-state index contributed by atoms with van der Waals surface area (Å²) in [7, 11) is 0. The van der Waals surface area contributed by atoms with E-state index in [0.717, 1.165) is 5.56 Å². The number of non-ortho nitro benzene ring substituents is 1. The molecule has 0 unspecified atom stereocenters. The summed E-state index contributed by atoms with van der Waals surface area (Å²) in [6, 6.07) is 21.9. The Kier molecular flexibility index (Phi) is 7.97. The highest BCUT2D eigenvalue weighted by Crippen LogP contribution is 2.21. The maximum absolute atomic E-state index is 12.6. The van der Waals surface area contributed by atoms with Crippen LogP contribution in [0.1, 0.15) is 25.0 Å². The number of amides is 1. The SMILES string of the molecule is CC(C)Oc1cccc(NC(=O)/C(C#N)=C\c2ccc(OCc3ccc([N+](=O)[O-])cc3)cc2)c1. The van der Waals surface area contributed by atoms with Crippen molar-refractivity contribution in [1.29, 1.82) is 5.26 Å². The number of anilines is 1. The Morgan fingerprint density at radius 3 is 2.41 bits per heavy atom. The average molecular weight is 457 g/mol. The second kappa shape index (κ2) is 11.3. The third-order valence-corrected chi connectivity index (χ3v) is 4.57. The van der Waals surface area contributed by atoms with Crippen molar-refractivity contribution < 1.29 is 19.2 Å². The van der Waals surface area contributed by atoms with E-state index < -0.39 is 10.8 Å². The summed E-state index contributed by atoms with van der Waals surface area (Å²) in [5.74, 6) is 0.683. The number of hydrogen-bond donors (Lipinski definition) is 1. The van der Waals surface area contributed by atoms with Gasteiger partial charge in [-0.05, 0) is 67.4 Å². The highest BCUT2D eigenvalue weighted by Gasteiger charge is 2.11. The van der Waals surface area contributed by atoms with Gasteiger partial charge in [0.25, 0.3) is 11.6 Å². The van der Waals surface area contributed by atoms with Gasteiger partial charge in [-0.3, -0.25) is 14.9 Å². The van der Waals surface area contributed by atoms with Gasteiger partial charge in [-0.25, -0.2) is 0 Å². The van der Waals surface area contributed by atoms with Gasteiger partial charge < -0.3 is 14.8 Å². The molecule has 172 valence electrons. The summed E-state index contributed by atoms with van der Waals surface area (Å²) in [5.41, 5.74) is 1.95. The van der Waals surface area contributed by atoms with Gasteiger partial charge >= 0.3 is 0 Å². The molecule has 0 spiro atoms. The predicted octanol–water partition coefficient (Wildman–Crippen LogP) is 5.51. The van der Waals surface area contributed by atoms with Crippen LogP contribution < -0.4 is 14.8 Å². The van der Waals surface area contributed by atoms with Gasteiger partial charge in [0.05, 0.1) is 11.0 Å². The van der Waals surface area contributed by atoms with Crippen LogP contribution in [-0.2, 0) is 11.4 Å². The normalized spacial score (nSPS) is 10.9. The fourth-order valence-electron chi connectivity index (χ4n) is 2.97. The number of nitro benzene ring substituents is 1. The molecule has 0 aliphatic heterocycles. The van der Waals surface area contributed by atoms with Gasteiger partial charge in [-0.2, -0.15) is 5.26 Å². The lowest BCUT2D eigenvalue weighted by atomic mass is 10.1. The van der Waals surface area contributed by atoms with Crippen molar-refractivity contribution in [3.63, 3.8) is 0 Å². The summed E-state index contributed by atoms with van der Waals surface area (Å²) in [5, 5.41) is 22.9. The Morgan fingerprint density at radius 1 is 1.09 bits per heavy atom. The van der Waals surface area contributed by atoms with Crippen molar-refractivity contribution in [2.45, 2.75) is 26.6 Å². The molecule has 0 bridgehead atoms. The van der Waals surface area contributed by atoms with Crippen molar-refractivity contribution in [3.8, 4) is 17.6 Å². The first-order valence-corrected chi connectivity index (χ1v) is 10.5. The van der Waals surface area contributed by atoms with Crippen molar-refractivity contribution in [2.24, 2.45) is 0 Å². The molecule has 8 nitrogen and oxygen atoms in total. The van der Waals surface area contributed by atoms with Gasteiger partial charge in [-0.1, -0.05) is 18.2 Å². The van der Waals surface area contributed by atoms with E-state index in [-0.39, 0.29) is 24.0 Å². The number of benzene rings is 3. The molecule has 0 heterocycles. The smallest absolute Gasteiger partial charge is 0.269 e. The number of ether oxygens (including phenoxy) is 2. The van der Waals surface area contributed by atoms with E-state index in [4.69, 9.17) is 9.47 Å². The molecule has 8 heteroatoms. The summed E-state index contributed by atoms with van der Waals surface area (Å²) >= 11 is 0. The van der Waals surface area contributed by atoms with Crippen molar-refractivity contribution in [1.82, 2.24) is 0 Å². The van der Waals surface area contributed by atoms with Gasteiger partial charge in [0.15, 0.2) is 0 Å². The number of nitrogens with one attached hydrogen (secondary N) is 1. The number of nitriles is 1. The lowest BCUT2D eigenvalue weighted by Crippen LogP contribution is -2.13. The first-order chi connectivity index (χ1) is 16.3. The van der Waals surface area contributed by atoms with Crippen LogP contribution in [0.2, 0.25) is 0 Å². The fraction of sp³-hybridized carbons (Fsp3) is 0.154. The monoisotopic (exact) mass is 457 g/mol. The first kappa shape index (κ1) is 24.0. The Bertz CT molecular complexity index is 1230. The third kappa shape index (κ3) is 6.93. The zero-order chi connectivity index (χ0) is 24.5. The molecule has 0 radical (unpaired) electrons. The van der Waals surface area contributed by atoms with E-state index in [2.05, 4.69) is 5.32 Å². The van der Waals surface area contributed by atoms with E-state index in [1.54, 1.807) is 60.7 Å². The molecule has 0 aromatic heterocycles. The molecular weight excluding hydrogens is 434 g/mol. The van der Waals surface area contributed by atoms with Gasteiger partial charge in [0, 0.05) is 23.9 Å². The maximum Gasteiger partial charge on any atom is 0.269 e. The highest BCUT2D eigenvalue weighted by molar-refractivity contribution is 6.09. The average Bonchev–Trinajstić information content (AvgIpc) is 2.82. The molecule has 0 saturated carbocycles. The molecule has 0 aliphatic rings. The highest BCUT2D eigenvalue weighted by atomic mass is 16.6. The number of hydrogen-bond acceptors (Lipinski definition) is 6. The van der Waals surface area contributed by atoms with E-state index in [9.17, 15) is 20.2 Å². The van der Waals surface area contributed by atoms with Crippen LogP contribution in [0, 0.1) is 21.4 Å². The first-order valence-electron chi connectivity index (χ1n) is 10.5. The zero-order valence-corrected chi connectivity index (χ0v) is 18.7. The predicted molar refractivity (Wildman–Crippen MR) is 128 cm³/mol. The largest absolute Gasteiger partial charge is 0.491 e. The molecule has 0 fully saturated rings. The van der Waals surface area contributed by atoms with Crippen LogP contribution >= 0.6 is 0 Å². The molecule has 0 saturated heterocycles. The Balaban J connectivity index is 1.62. The topological polar surface area (TPSA) is 114 Å². The van der Waals surface area contributed by atoms with Crippen molar-refractivity contribution >= 4 is 23.4 Å². The zero-order valence-electron chi connectivity index (χ0n) is 18.7. The van der Waals surface area contributed by atoms with E-state index in [0.29, 0.717) is 22.7 Å². The quantitative estimate of drug-likeness (QED) is 0.196. The third-order valence-electron chi connectivity index (χ3n) is 4.57. The molecule has 3 aromatic carbocycles. The van der Waals surface area contributed by atoms with Gasteiger partial charge in [0.2, 0.25) is 0 Å². The van der Waals surface area contributed by atoms with Crippen LogP contribution in [0.5, 0.6) is 11.5 Å². The molecule has 1 amide bonds. The van der Waals surface area contributed by atoms with Crippen molar-refractivity contribution in [3.05, 3.63) is 99.6 Å². The van der Waals surface area contributed by atoms with Crippen molar-refractivity contribution in [2.75, 3.05) is 5.32 Å². The minimum atomic E-state index is -0.525. The molecular formula is C26H23N3O5. The molecule has 3 aromatic rings. The minimum Gasteiger partial charge on any atom is -0.491 e. The lowest BCUT2D eigenvalue weighted by Gasteiger charge is -2.11. The Labute approximate surface area is 197 Å². The Hall–Kier alpha value is -4.64. The summed E-state index contributed by atoms with van der Waals surface area (Å²) in [4.78, 5) is 22.8. The number of carbonyl (C=O) groups is 1. The molecule has 1 N–H and O–H groups in total. The van der Waals surface area contributed by atoms with Crippen LogP contribution in [0.3, 0.4) is 0 Å². The van der Waals surface area contributed by atoms with Gasteiger partial charge in [-0.15, -0.1) is 0 Å². The van der Waals surface area contributed by atoms with E-state index >= 15 is 0 Å². The number of carbonyl (C=O) groups excluding carboxylic acids is 1. The summed E-state index contributed by atoms with van der Waals surface area (Å²) < 4.78 is 11.3. The van der Waals surface area contributed by atoms with E-state index in [1.165, 1.54) is 18.2 Å². The lowest BCUT2D eigenvalue weighted by molar-refractivity contribution is -0.384. The van der Waals surface area contributed by atoms with E-state index in [1.807, 2.05) is 19.9 Å². The number of nitrogens with zero attached hydrogens (tertiary/aromatic N) is 2. The number of nitro groups is 1. The standard InChI is InChI=1S/C26H23N3O5/c1-18(2)34-25-5-3-4-22(15-25)28-26(30)21(16-27)14-19-8-12-24(13-9-19)33-17-20-6-10-23(11-7-20)29(31)32/h3-15,18H,17H2,1-2H3,(H,28,30)/b21-14-. The van der Waals surface area contributed by atoms with Gasteiger partial charge in [0.1, 0.15) is 29.7 Å². The summed E-state index contributed by atoms with van der Waals surface area (Å²) in [6.07, 6.45) is 1.49. The Morgan fingerprint density at radius 2 is 1.79 bits per heavy atom.